The van der Waals surface area contributed by atoms with Gasteiger partial charge in [-0.25, -0.2) is 4.79 Å². The molecule has 1 aromatic rings. The van der Waals surface area contributed by atoms with Gasteiger partial charge in [0.05, 0.1) is 25.2 Å². The first-order valence-corrected chi connectivity index (χ1v) is 10.8. The van der Waals surface area contributed by atoms with Crippen molar-refractivity contribution in [3.63, 3.8) is 0 Å². The fourth-order valence-corrected chi connectivity index (χ4v) is 4.16. The van der Waals surface area contributed by atoms with Crippen LogP contribution in [0.15, 0.2) is 30.3 Å². The van der Waals surface area contributed by atoms with Crippen molar-refractivity contribution in [3.05, 3.63) is 35.9 Å². The van der Waals surface area contributed by atoms with E-state index in [-0.39, 0.29) is 43.2 Å². The Kier molecular flexibility index (Phi) is 8.31. The van der Waals surface area contributed by atoms with Gasteiger partial charge in [0.1, 0.15) is 6.10 Å². The lowest BCUT2D eigenvalue weighted by atomic mass is 9.95. The van der Waals surface area contributed by atoms with Crippen LogP contribution in [0.1, 0.15) is 56.9 Å². The zero-order valence-electron chi connectivity index (χ0n) is 16.9. The highest BCUT2D eigenvalue weighted by Gasteiger charge is 2.33. The van der Waals surface area contributed by atoms with Crippen LogP contribution in [0.25, 0.3) is 0 Å². The molecule has 0 spiro atoms. The highest BCUT2D eigenvalue weighted by Crippen LogP contribution is 2.22. The third kappa shape index (κ3) is 7.01. The van der Waals surface area contributed by atoms with Crippen molar-refractivity contribution < 1.29 is 19.4 Å². The van der Waals surface area contributed by atoms with Crippen LogP contribution in [0, 0.1) is 0 Å². The van der Waals surface area contributed by atoms with E-state index in [1.165, 1.54) is 6.42 Å². The third-order valence-electron chi connectivity index (χ3n) is 5.80. The van der Waals surface area contributed by atoms with E-state index in [9.17, 15) is 14.7 Å². The molecule has 1 aliphatic heterocycles. The van der Waals surface area contributed by atoms with Gasteiger partial charge in [0.25, 0.3) is 0 Å². The number of hydrogen-bond donors (Lipinski definition) is 4. The van der Waals surface area contributed by atoms with Gasteiger partial charge in [-0.1, -0.05) is 49.6 Å². The molecule has 2 aliphatic rings. The molecule has 7 heteroatoms. The fraction of sp³-hybridized carbons (Fsp3) is 0.636. The standard InChI is InChI=1S/C22H33N3O4/c26-15-20-19(25-22(28)24-17-9-5-2-6-10-17)12-11-18(29-20)13-21(27)23-14-16-7-3-1-4-8-16/h1,3-4,7-8,17-20,26H,2,5-6,9-15H2,(H,23,27)(H2,24,25,28)/t18-,19-,20-/m1/s1. The number of nitrogens with one attached hydrogen (secondary N) is 3. The predicted molar refractivity (Wildman–Crippen MR) is 110 cm³/mol. The van der Waals surface area contributed by atoms with Crippen LogP contribution in [0.3, 0.4) is 0 Å². The minimum Gasteiger partial charge on any atom is -0.394 e. The molecular weight excluding hydrogens is 370 g/mol. The number of amides is 3. The number of urea groups is 1. The van der Waals surface area contributed by atoms with Crippen molar-refractivity contribution in [1.29, 1.82) is 0 Å². The van der Waals surface area contributed by atoms with E-state index < -0.39 is 6.10 Å². The lowest BCUT2D eigenvalue weighted by Gasteiger charge is -2.36. The molecule has 0 aromatic heterocycles. The lowest BCUT2D eigenvalue weighted by molar-refractivity contribution is -0.130. The normalized spacial score (nSPS) is 25.2. The molecular formula is C22H33N3O4. The van der Waals surface area contributed by atoms with Crippen LogP contribution in [0.4, 0.5) is 4.79 Å². The number of carbonyl (C=O) groups excluding carboxylic acids is 2. The third-order valence-corrected chi connectivity index (χ3v) is 5.80. The first-order chi connectivity index (χ1) is 14.1. The van der Waals surface area contributed by atoms with Gasteiger partial charge in [-0.15, -0.1) is 0 Å². The molecule has 2 fully saturated rings. The summed E-state index contributed by atoms with van der Waals surface area (Å²) in [6, 6.07) is 9.55. The Morgan fingerprint density at radius 1 is 1.00 bits per heavy atom. The Balaban J connectivity index is 1.40. The minimum atomic E-state index is -0.493. The molecule has 1 heterocycles. The van der Waals surface area contributed by atoms with E-state index in [1.807, 2.05) is 30.3 Å². The van der Waals surface area contributed by atoms with Gasteiger partial charge in [-0.2, -0.15) is 0 Å². The molecule has 3 rings (SSSR count). The minimum absolute atomic E-state index is 0.0722. The number of hydrogen-bond acceptors (Lipinski definition) is 4. The van der Waals surface area contributed by atoms with E-state index in [4.69, 9.17) is 4.74 Å². The molecule has 1 saturated carbocycles. The van der Waals surface area contributed by atoms with Gasteiger partial charge in [-0.05, 0) is 31.2 Å². The molecule has 3 atom stereocenters. The topological polar surface area (TPSA) is 99.7 Å². The SMILES string of the molecule is O=C(C[C@H]1CC[C@@H](NC(=O)NC2CCCCC2)[C@@H](CO)O1)NCc1ccccc1. The van der Waals surface area contributed by atoms with Gasteiger partial charge >= 0.3 is 6.03 Å². The molecule has 29 heavy (non-hydrogen) atoms. The molecule has 1 saturated heterocycles. The quantitative estimate of drug-likeness (QED) is 0.561. The summed E-state index contributed by atoms with van der Waals surface area (Å²) in [5.41, 5.74) is 1.05. The maximum Gasteiger partial charge on any atom is 0.315 e. The number of benzene rings is 1. The first-order valence-electron chi connectivity index (χ1n) is 10.8. The summed E-state index contributed by atoms with van der Waals surface area (Å²) in [5, 5.41) is 18.6. The molecule has 7 nitrogen and oxygen atoms in total. The molecule has 0 unspecified atom stereocenters. The van der Waals surface area contributed by atoms with E-state index in [0.29, 0.717) is 19.4 Å². The number of aliphatic hydroxyl groups is 1. The lowest BCUT2D eigenvalue weighted by Crippen LogP contribution is -2.55. The second kappa shape index (κ2) is 11.2. The molecule has 1 aromatic carbocycles. The summed E-state index contributed by atoms with van der Waals surface area (Å²) in [6.07, 6.45) is 6.47. The van der Waals surface area contributed by atoms with Gasteiger partial charge < -0.3 is 25.8 Å². The maximum atomic E-state index is 12.3. The smallest absolute Gasteiger partial charge is 0.315 e. The zero-order valence-corrected chi connectivity index (χ0v) is 16.9. The molecule has 160 valence electrons. The molecule has 3 amide bonds. The van der Waals surface area contributed by atoms with Crippen LogP contribution in [0.2, 0.25) is 0 Å². The average Bonchev–Trinajstić information content (AvgIpc) is 2.74. The fourth-order valence-electron chi connectivity index (χ4n) is 4.16. The van der Waals surface area contributed by atoms with Crippen molar-refractivity contribution in [1.82, 2.24) is 16.0 Å². The first kappa shape index (κ1) is 21.6. The molecule has 4 N–H and O–H groups in total. The summed E-state index contributed by atoms with van der Waals surface area (Å²) in [5.74, 6) is -0.0722. The van der Waals surface area contributed by atoms with Gasteiger partial charge in [-0.3, -0.25) is 4.79 Å². The van der Waals surface area contributed by atoms with E-state index in [0.717, 1.165) is 31.2 Å². The Hall–Kier alpha value is -2.12. The van der Waals surface area contributed by atoms with Crippen LogP contribution < -0.4 is 16.0 Å². The zero-order chi connectivity index (χ0) is 20.5. The Morgan fingerprint density at radius 3 is 2.48 bits per heavy atom. The van der Waals surface area contributed by atoms with Gasteiger partial charge in [0.2, 0.25) is 5.91 Å². The number of ether oxygens (including phenoxy) is 1. The highest BCUT2D eigenvalue weighted by atomic mass is 16.5. The van der Waals surface area contributed by atoms with E-state index in [2.05, 4.69) is 16.0 Å². The Morgan fingerprint density at radius 2 is 1.76 bits per heavy atom. The van der Waals surface area contributed by atoms with Crippen molar-refractivity contribution in [2.75, 3.05) is 6.61 Å². The van der Waals surface area contributed by atoms with E-state index >= 15 is 0 Å². The van der Waals surface area contributed by atoms with Crippen molar-refractivity contribution in [3.8, 4) is 0 Å². The number of rotatable bonds is 7. The summed E-state index contributed by atoms with van der Waals surface area (Å²) in [4.78, 5) is 24.5. The van der Waals surface area contributed by atoms with Crippen molar-refractivity contribution >= 4 is 11.9 Å². The Labute approximate surface area is 172 Å². The highest BCUT2D eigenvalue weighted by molar-refractivity contribution is 5.76. The van der Waals surface area contributed by atoms with Crippen molar-refractivity contribution in [2.45, 2.75) is 82.2 Å². The van der Waals surface area contributed by atoms with Crippen molar-refractivity contribution in [2.24, 2.45) is 0 Å². The van der Waals surface area contributed by atoms with E-state index in [1.54, 1.807) is 0 Å². The van der Waals surface area contributed by atoms with Crippen LogP contribution in [0.5, 0.6) is 0 Å². The average molecular weight is 404 g/mol. The molecule has 0 radical (unpaired) electrons. The maximum absolute atomic E-state index is 12.3. The molecule has 1 aliphatic carbocycles. The number of carbonyl (C=O) groups is 2. The second-order valence-electron chi connectivity index (χ2n) is 8.08. The largest absolute Gasteiger partial charge is 0.394 e. The van der Waals surface area contributed by atoms with Crippen LogP contribution in [-0.4, -0.2) is 47.9 Å². The summed E-state index contributed by atoms with van der Waals surface area (Å²) < 4.78 is 5.91. The predicted octanol–water partition coefficient (Wildman–Crippen LogP) is 2.23. The van der Waals surface area contributed by atoms with Gasteiger partial charge in [0, 0.05) is 12.6 Å². The van der Waals surface area contributed by atoms with Gasteiger partial charge in [0.15, 0.2) is 0 Å². The summed E-state index contributed by atoms with van der Waals surface area (Å²) in [7, 11) is 0. The molecule has 0 bridgehead atoms. The second-order valence-corrected chi connectivity index (χ2v) is 8.08. The van der Waals surface area contributed by atoms with Crippen LogP contribution >= 0.6 is 0 Å². The monoisotopic (exact) mass is 403 g/mol. The summed E-state index contributed by atoms with van der Waals surface area (Å²) in [6.45, 7) is 0.303. The van der Waals surface area contributed by atoms with Crippen LogP contribution in [-0.2, 0) is 16.1 Å². The number of aliphatic hydroxyl groups excluding tert-OH is 1. The summed E-state index contributed by atoms with van der Waals surface area (Å²) >= 11 is 0. The Bertz CT molecular complexity index is 649.